The first-order chi connectivity index (χ1) is 10.7. The predicted octanol–water partition coefficient (Wildman–Crippen LogP) is 2.80. The lowest BCUT2D eigenvalue weighted by Gasteiger charge is -2.18. The van der Waals surface area contributed by atoms with Gasteiger partial charge >= 0.3 is 5.97 Å². The van der Waals surface area contributed by atoms with Gasteiger partial charge in [0.25, 0.3) is 0 Å². The zero-order valence-electron chi connectivity index (χ0n) is 11.6. The first-order valence-corrected chi connectivity index (χ1v) is 7.07. The Bertz CT molecular complexity index is 655. The molecule has 0 fully saturated rings. The van der Waals surface area contributed by atoms with Gasteiger partial charge in [-0.15, -0.1) is 0 Å². The van der Waals surface area contributed by atoms with E-state index in [1.807, 2.05) is 30.3 Å². The molecule has 4 rings (SSSR count). The minimum Gasteiger partial charge on any atom is -0.484 e. The normalized spacial score (nSPS) is 14.7. The van der Waals surface area contributed by atoms with Crippen molar-refractivity contribution in [3.8, 4) is 17.2 Å². The number of nitrogens with one attached hydrogen (secondary N) is 1. The Morgan fingerprint density at radius 2 is 1.50 bits per heavy atom. The van der Waals surface area contributed by atoms with Crippen molar-refractivity contribution in [2.75, 3.05) is 18.5 Å². The van der Waals surface area contributed by atoms with E-state index < -0.39 is 0 Å². The quantitative estimate of drug-likeness (QED) is 0.458. The third kappa shape index (κ3) is 3.35. The number of esters is 1. The van der Waals surface area contributed by atoms with Crippen LogP contribution in [0.15, 0.2) is 48.5 Å². The molecule has 5 nitrogen and oxygen atoms in total. The maximum atomic E-state index is 10.7. The summed E-state index contributed by atoms with van der Waals surface area (Å²) in [4.78, 5) is 11.4. The molecule has 2 aromatic carbocycles. The van der Waals surface area contributed by atoms with E-state index in [4.69, 9.17) is 26.4 Å². The zero-order chi connectivity index (χ0) is 15.4. The van der Waals surface area contributed by atoms with Crippen molar-refractivity contribution < 1.29 is 19.0 Å². The van der Waals surface area contributed by atoms with Gasteiger partial charge in [-0.05, 0) is 24.3 Å². The topological polar surface area (TPSA) is 56.8 Å². The smallest absolute Gasteiger partial charge is 0.349 e. The summed E-state index contributed by atoms with van der Waals surface area (Å²) in [7, 11) is 0. The molecule has 22 heavy (non-hydrogen) atoms. The first kappa shape index (κ1) is 14.3. The first-order valence-electron chi connectivity index (χ1n) is 6.66. The van der Waals surface area contributed by atoms with Crippen molar-refractivity contribution in [2.45, 2.75) is 0 Å². The number of thiocarbonyl (C=S) groups is 1. The molecule has 6 heteroatoms. The number of carbonyl (C=O) groups excluding carboxylic acids is 1. The van der Waals surface area contributed by atoms with Crippen LogP contribution in [-0.2, 0) is 4.79 Å². The molecule has 2 aromatic rings. The monoisotopic (exact) mass is 315 g/mol. The fourth-order valence-electron chi connectivity index (χ4n) is 1.97. The third-order valence-corrected chi connectivity index (χ3v) is 3.16. The molecule has 1 N–H and O–H groups in total. The van der Waals surface area contributed by atoms with Crippen LogP contribution in [0, 0.1) is 0 Å². The van der Waals surface area contributed by atoms with Gasteiger partial charge in [0.2, 0.25) is 0 Å². The maximum absolute atomic E-state index is 10.7. The number of ether oxygens (including phenoxy) is 3. The van der Waals surface area contributed by atoms with Crippen molar-refractivity contribution in [1.82, 2.24) is 0 Å². The summed E-state index contributed by atoms with van der Waals surface area (Å²) < 4.78 is 15.3. The van der Waals surface area contributed by atoms with Crippen LogP contribution in [-0.4, -0.2) is 24.2 Å². The lowest BCUT2D eigenvalue weighted by atomic mass is 10.2. The average Bonchev–Trinajstić information content (AvgIpc) is 2.55. The third-order valence-electron chi connectivity index (χ3n) is 2.94. The van der Waals surface area contributed by atoms with E-state index in [0.29, 0.717) is 18.1 Å². The Morgan fingerprint density at radius 3 is 2.32 bits per heavy atom. The molecule has 112 valence electrons. The largest absolute Gasteiger partial charge is 0.484 e. The van der Waals surface area contributed by atoms with E-state index >= 15 is 0 Å². The number of para-hydroxylation sites is 4. The molecular formula is C16H13NO4S. The summed E-state index contributed by atoms with van der Waals surface area (Å²) in [6.07, 6.45) is 0. The molecule has 0 atom stereocenters. The molecule has 0 unspecified atom stereocenters. The molecule has 0 amide bonds. The van der Waals surface area contributed by atoms with Gasteiger partial charge in [-0.25, -0.2) is 4.79 Å². The molecule has 2 heterocycles. The highest BCUT2D eigenvalue weighted by atomic mass is 32.1. The molecule has 0 saturated heterocycles. The van der Waals surface area contributed by atoms with Gasteiger partial charge in [0.15, 0.2) is 18.1 Å². The van der Waals surface area contributed by atoms with Crippen molar-refractivity contribution >= 4 is 28.9 Å². The number of carbonyl (C=O) groups is 1. The number of fused-ring (bicyclic) bond motifs is 2. The Morgan fingerprint density at radius 1 is 0.864 bits per heavy atom. The lowest BCUT2D eigenvalue weighted by molar-refractivity contribution is -0.138. The number of benzene rings is 2. The van der Waals surface area contributed by atoms with Crippen LogP contribution in [0.25, 0.3) is 0 Å². The summed E-state index contributed by atoms with van der Waals surface area (Å²) in [5, 5.41) is 3.07. The van der Waals surface area contributed by atoms with Gasteiger partial charge in [-0.3, -0.25) is 0 Å². The fourth-order valence-corrected chi connectivity index (χ4v) is 2.14. The minimum absolute atomic E-state index is 0.0109. The second-order valence-corrected chi connectivity index (χ2v) is 5.04. The average molecular weight is 315 g/mol. The van der Waals surface area contributed by atoms with Gasteiger partial charge in [0.05, 0.1) is 5.69 Å². The van der Waals surface area contributed by atoms with E-state index in [1.165, 1.54) is 0 Å². The highest BCUT2D eigenvalue weighted by Gasteiger charge is 2.16. The molecule has 0 aromatic heterocycles. The summed E-state index contributed by atoms with van der Waals surface area (Å²) >= 11 is 4.95. The predicted molar refractivity (Wildman–Crippen MR) is 85.7 cm³/mol. The van der Waals surface area contributed by atoms with E-state index in [-0.39, 0.29) is 12.6 Å². The van der Waals surface area contributed by atoms with Crippen molar-refractivity contribution in [3.63, 3.8) is 0 Å². The van der Waals surface area contributed by atoms with Crippen LogP contribution in [0.3, 0.4) is 0 Å². The Hall–Kier alpha value is -2.60. The number of anilines is 1. The van der Waals surface area contributed by atoms with Gasteiger partial charge in [-0.2, -0.15) is 0 Å². The van der Waals surface area contributed by atoms with Gasteiger partial charge in [0, 0.05) is 0 Å². The summed E-state index contributed by atoms with van der Waals surface area (Å²) in [6.45, 7) is 0.503. The fraction of sp³-hybridized carbons (Fsp3) is 0.125. The standard InChI is InChI=1S/C8H7NOS.C8H6O3/c11-8-5-10-7-4-2-1-3-6(7)9-8;9-8-5-10-6-3-1-2-4-7(6)11-8/h1-4H,5H2,(H,9,11);1-4H,5H2. The summed E-state index contributed by atoms with van der Waals surface area (Å²) in [5.74, 6) is 1.67. The van der Waals surface area contributed by atoms with E-state index in [9.17, 15) is 4.79 Å². The Kier molecular flexibility index (Phi) is 4.20. The molecule has 0 spiro atoms. The molecule has 0 saturated carbocycles. The lowest BCUT2D eigenvalue weighted by Crippen LogP contribution is -2.23. The van der Waals surface area contributed by atoms with E-state index in [1.54, 1.807) is 18.2 Å². The Labute approximate surface area is 132 Å². The maximum Gasteiger partial charge on any atom is 0.349 e. The van der Waals surface area contributed by atoms with Crippen molar-refractivity contribution in [3.05, 3.63) is 48.5 Å². The van der Waals surface area contributed by atoms with E-state index in [0.717, 1.165) is 16.4 Å². The zero-order valence-corrected chi connectivity index (χ0v) is 12.4. The molecule has 2 aliphatic heterocycles. The number of hydrogen-bond donors (Lipinski definition) is 1. The van der Waals surface area contributed by atoms with Gasteiger partial charge in [-0.1, -0.05) is 36.5 Å². The highest BCUT2D eigenvalue weighted by molar-refractivity contribution is 7.80. The van der Waals surface area contributed by atoms with Crippen LogP contribution < -0.4 is 19.5 Å². The van der Waals surface area contributed by atoms with Crippen LogP contribution in [0.2, 0.25) is 0 Å². The Balaban J connectivity index is 0.000000131. The van der Waals surface area contributed by atoms with Gasteiger partial charge in [0.1, 0.15) is 17.3 Å². The molecular weight excluding hydrogens is 302 g/mol. The summed E-state index contributed by atoms with van der Waals surface area (Å²) in [5.41, 5.74) is 0.962. The molecule has 0 aliphatic carbocycles. The summed E-state index contributed by atoms with van der Waals surface area (Å²) in [6, 6.07) is 14.8. The van der Waals surface area contributed by atoms with Crippen molar-refractivity contribution in [2.24, 2.45) is 0 Å². The minimum atomic E-state index is -0.344. The molecule has 0 radical (unpaired) electrons. The van der Waals surface area contributed by atoms with Crippen molar-refractivity contribution in [1.29, 1.82) is 0 Å². The van der Waals surface area contributed by atoms with Crippen LogP contribution in [0.1, 0.15) is 0 Å². The molecule has 0 bridgehead atoms. The second kappa shape index (κ2) is 6.44. The van der Waals surface area contributed by atoms with E-state index in [2.05, 4.69) is 5.32 Å². The second-order valence-electron chi connectivity index (χ2n) is 4.54. The van der Waals surface area contributed by atoms with Gasteiger partial charge < -0.3 is 19.5 Å². The van der Waals surface area contributed by atoms with Crippen LogP contribution in [0.4, 0.5) is 5.69 Å². The highest BCUT2D eigenvalue weighted by Crippen LogP contribution is 2.29. The SMILES string of the molecule is O=C1COc2ccccc2O1.S=C1COc2ccccc2N1. The number of hydrogen-bond acceptors (Lipinski definition) is 5. The molecule has 2 aliphatic rings. The van der Waals surface area contributed by atoms with Crippen LogP contribution >= 0.6 is 12.2 Å². The number of rotatable bonds is 0. The van der Waals surface area contributed by atoms with Crippen LogP contribution in [0.5, 0.6) is 17.2 Å².